The summed E-state index contributed by atoms with van der Waals surface area (Å²) in [6.45, 7) is 7.89. The molecule has 1 aromatic heterocycles. The molecule has 2 rings (SSSR count). The summed E-state index contributed by atoms with van der Waals surface area (Å²) in [5, 5.41) is 12.8. The summed E-state index contributed by atoms with van der Waals surface area (Å²) < 4.78 is 0. The molecule has 0 atom stereocenters. The van der Waals surface area contributed by atoms with E-state index in [4.69, 9.17) is 0 Å². The fourth-order valence-corrected chi connectivity index (χ4v) is 3.09. The zero-order valence-electron chi connectivity index (χ0n) is 13.5. The Morgan fingerprint density at radius 2 is 1.95 bits per heavy atom. The van der Waals surface area contributed by atoms with Gasteiger partial charge in [0.25, 0.3) is 0 Å². The van der Waals surface area contributed by atoms with Crippen LogP contribution in [-0.4, -0.2) is 40.8 Å². The first-order chi connectivity index (χ1) is 10.2. The van der Waals surface area contributed by atoms with Crippen molar-refractivity contribution in [1.82, 2.24) is 9.97 Å². The monoisotopic (exact) mass is 292 g/mol. The number of hydrogen-bond acceptors (Lipinski definition) is 5. The molecule has 1 aromatic rings. The lowest BCUT2D eigenvalue weighted by atomic mass is 10.1. The second kappa shape index (κ2) is 7.59. The van der Waals surface area contributed by atoms with Gasteiger partial charge in [0.1, 0.15) is 17.5 Å². The van der Waals surface area contributed by atoms with Crippen molar-refractivity contribution in [2.24, 2.45) is 0 Å². The van der Waals surface area contributed by atoms with E-state index >= 15 is 0 Å². The largest absolute Gasteiger partial charge is 0.395 e. The minimum absolute atomic E-state index is 0.163. The summed E-state index contributed by atoms with van der Waals surface area (Å²) in [5.74, 6) is 2.71. The number of rotatable bonds is 7. The van der Waals surface area contributed by atoms with Crippen LogP contribution in [0, 0.1) is 13.8 Å². The first-order valence-electron chi connectivity index (χ1n) is 8.14. The number of anilines is 2. The maximum absolute atomic E-state index is 9.43. The van der Waals surface area contributed by atoms with Crippen molar-refractivity contribution in [2.45, 2.75) is 58.9 Å². The Bertz CT molecular complexity index is 458. The molecular weight excluding hydrogens is 264 g/mol. The smallest absolute Gasteiger partial charge is 0.137 e. The Morgan fingerprint density at radius 1 is 1.24 bits per heavy atom. The van der Waals surface area contributed by atoms with E-state index in [0.29, 0.717) is 12.6 Å². The van der Waals surface area contributed by atoms with E-state index in [0.717, 1.165) is 36.0 Å². The molecule has 1 aliphatic carbocycles. The van der Waals surface area contributed by atoms with Gasteiger partial charge in [-0.05, 0) is 33.1 Å². The third-order valence-corrected chi connectivity index (χ3v) is 4.15. The lowest BCUT2D eigenvalue weighted by Crippen LogP contribution is -2.37. The van der Waals surface area contributed by atoms with E-state index in [-0.39, 0.29) is 6.61 Å². The van der Waals surface area contributed by atoms with Crippen LogP contribution >= 0.6 is 0 Å². The third-order valence-electron chi connectivity index (χ3n) is 4.15. The average Bonchev–Trinajstić information content (AvgIpc) is 2.99. The number of aliphatic hydroxyl groups excluding tert-OH is 1. The zero-order valence-corrected chi connectivity index (χ0v) is 13.5. The second-order valence-corrected chi connectivity index (χ2v) is 5.85. The van der Waals surface area contributed by atoms with E-state index in [2.05, 4.69) is 34.0 Å². The Labute approximate surface area is 127 Å². The molecular formula is C16H28N4O. The van der Waals surface area contributed by atoms with Gasteiger partial charge in [-0.25, -0.2) is 9.97 Å². The normalized spacial score (nSPS) is 15.4. The first-order valence-corrected chi connectivity index (χ1v) is 8.14. The summed E-state index contributed by atoms with van der Waals surface area (Å²) in [6, 6.07) is 0.504. The van der Waals surface area contributed by atoms with Crippen LogP contribution in [0.5, 0.6) is 0 Å². The molecule has 0 radical (unpaired) electrons. The molecule has 0 aromatic carbocycles. The highest BCUT2D eigenvalue weighted by molar-refractivity contribution is 5.59. The van der Waals surface area contributed by atoms with E-state index in [9.17, 15) is 5.11 Å². The summed E-state index contributed by atoms with van der Waals surface area (Å²) in [6.07, 6.45) is 6.01. The Balaban J connectivity index is 2.31. The molecule has 1 saturated carbocycles. The van der Waals surface area contributed by atoms with E-state index in [1.165, 1.54) is 25.7 Å². The highest BCUT2D eigenvalue weighted by atomic mass is 16.3. The average molecular weight is 292 g/mol. The molecule has 5 heteroatoms. The van der Waals surface area contributed by atoms with Crippen molar-refractivity contribution in [3.05, 3.63) is 11.4 Å². The van der Waals surface area contributed by atoms with Crippen LogP contribution in [0.1, 0.15) is 50.4 Å². The molecule has 5 nitrogen and oxygen atoms in total. The highest BCUT2D eigenvalue weighted by Crippen LogP contribution is 2.31. The minimum atomic E-state index is 0.163. The van der Waals surface area contributed by atoms with Crippen molar-refractivity contribution in [1.29, 1.82) is 0 Å². The number of aryl methyl sites for hydroxylation is 1. The predicted octanol–water partition coefficient (Wildman–Crippen LogP) is 2.66. The van der Waals surface area contributed by atoms with Crippen LogP contribution in [0.2, 0.25) is 0 Å². The third kappa shape index (κ3) is 3.84. The van der Waals surface area contributed by atoms with E-state index < -0.39 is 0 Å². The molecule has 0 aliphatic heterocycles. The van der Waals surface area contributed by atoms with Gasteiger partial charge in [0.05, 0.1) is 6.61 Å². The molecule has 1 fully saturated rings. The molecule has 21 heavy (non-hydrogen) atoms. The van der Waals surface area contributed by atoms with Gasteiger partial charge >= 0.3 is 0 Å². The van der Waals surface area contributed by atoms with Gasteiger partial charge in [0.2, 0.25) is 0 Å². The lowest BCUT2D eigenvalue weighted by molar-refractivity contribution is 0.296. The van der Waals surface area contributed by atoms with Gasteiger partial charge in [-0.1, -0.05) is 19.8 Å². The number of nitrogens with one attached hydrogen (secondary N) is 1. The van der Waals surface area contributed by atoms with Crippen molar-refractivity contribution >= 4 is 11.6 Å². The second-order valence-electron chi connectivity index (χ2n) is 5.85. The van der Waals surface area contributed by atoms with Crippen LogP contribution in [-0.2, 0) is 0 Å². The van der Waals surface area contributed by atoms with Crippen LogP contribution in [0.25, 0.3) is 0 Å². The van der Waals surface area contributed by atoms with Crippen LogP contribution < -0.4 is 10.2 Å². The Hall–Kier alpha value is -1.36. The summed E-state index contributed by atoms with van der Waals surface area (Å²) in [4.78, 5) is 11.5. The van der Waals surface area contributed by atoms with Gasteiger partial charge < -0.3 is 15.3 Å². The first kappa shape index (κ1) is 16.0. The molecule has 0 unspecified atom stereocenters. The molecule has 0 bridgehead atoms. The number of hydrogen-bond donors (Lipinski definition) is 2. The van der Waals surface area contributed by atoms with Crippen molar-refractivity contribution in [2.75, 3.05) is 29.9 Å². The fourth-order valence-electron chi connectivity index (χ4n) is 3.09. The van der Waals surface area contributed by atoms with Crippen LogP contribution in [0.3, 0.4) is 0 Å². The van der Waals surface area contributed by atoms with Gasteiger partial charge in [0, 0.05) is 24.7 Å². The van der Waals surface area contributed by atoms with Gasteiger partial charge in [-0.3, -0.25) is 0 Å². The molecule has 1 heterocycles. The van der Waals surface area contributed by atoms with Gasteiger partial charge in [-0.2, -0.15) is 0 Å². The predicted molar refractivity (Wildman–Crippen MR) is 87.0 cm³/mol. The van der Waals surface area contributed by atoms with Crippen molar-refractivity contribution in [3.8, 4) is 0 Å². The van der Waals surface area contributed by atoms with Gasteiger partial charge in [0.15, 0.2) is 0 Å². The molecule has 0 spiro atoms. The number of aromatic nitrogens is 2. The Kier molecular flexibility index (Phi) is 5.79. The maximum Gasteiger partial charge on any atom is 0.137 e. The van der Waals surface area contributed by atoms with Crippen molar-refractivity contribution in [3.63, 3.8) is 0 Å². The minimum Gasteiger partial charge on any atom is -0.395 e. The van der Waals surface area contributed by atoms with Crippen molar-refractivity contribution < 1.29 is 5.11 Å². The van der Waals surface area contributed by atoms with Crippen LogP contribution in [0.15, 0.2) is 0 Å². The molecule has 118 valence electrons. The molecule has 2 N–H and O–H groups in total. The van der Waals surface area contributed by atoms with Gasteiger partial charge in [-0.15, -0.1) is 0 Å². The van der Waals surface area contributed by atoms with E-state index in [1.807, 2.05) is 6.92 Å². The number of nitrogens with zero attached hydrogens (tertiary/aromatic N) is 3. The van der Waals surface area contributed by atoms with Crippen LogP contribution in [0.4, 0.5) is 11.6 Å². The summed E-state index contributed by atoms with van der Waals surface area (Å²) >= 11 is 0. The summed E-state index contributed by atoms with van der Waals surface area (Å²) in [7, 11) is 0. The summed E-state index contributed by atoms with van der Waals surface area (Å²) in [5.41, 5.74) is 1.09. The zero-order chi connectivity index (χ0) is 15.2. The molecule has 0 saturated heterocycles. The molecule has 0 amide bonds. The van der Waals surface area contributed by atoms with E-state index in [1.54, 1.807) is 0 Å². The maximum atomic E-state index is 9.43. The standard InChI is InChI=1S/C16H28N4O/c1-4-9-17-15-12(2)16(19-13(3)18-15)20(10-11-21)14-7-5-6-8-14/h14,21H,4-11H2,1-3H3,(H,17,18,19). The quantitative estimate of drug-likeness (QED) is 0.809. The number of aliphatic hydroxyl groups is 1. The highest BCUT2D eigenvalue weighted by Gasteiger charge is 2.25. The topological polar surface area (TPSA) is 61.3 Å². The SMILES string of the molecule is CCCNc1nc(C)nc(N(CCO)C2CCCC2)c1C. The molecule has 1 aliphatic rings. The lowest BCUT2D eigenvalue weighted by Gasteiger charge is -2.31. The Morgan fingerprint density at radius 3 is 2.57 bits per heavy atom. The fraction of sp³-hybridized carbons (Fsp3) is 0.750.